The van der Waals surface area contributed by atoms with Crippen molar-refractivity contribution in [1.29, 1.82) is 0 Å². The van der Waals surface area contributed by atoms with Gasteiger partial charge in [-0.25, -0.2) is 0 Å². The van der Waals surface area contributed by atoms with Crippen molar-refractivity contribution in [2.75, 3.05) is 13.1 Å². The van der Waals surface area contributed by atoms with Crippen molar-refractivity contribution in [2.45, 2.75) is 33.1 Å². The summed E-state index contributed by atoms with van der Waals surface area (Å²) in [4.78, 5) is 10.0. The van der Waals surface area contributed by atoms with E-state index in [1.54, 1.807) is 0 Å². The SMILES string of the molecule is CC(=CCC1=CCNC=C1)CCC=C(C)C[N+](=O)[O-]. The summed E-state index contributed by atoms with van der Waals surface area (Å²) < 4.78 is 0. The highest BCUT2D eigenvalue weighted by molar-refractivity contribution is 5.25. The van der Waals surface area contributed by atoms with E-state index in [2.05, 4.69) is 30.5 Å². The molecule has 1 heterocycles. The average Bonchev–Trinajstić information content (AvgIpc) is 2.36. The Bertz CT molecular complexity index is 431. The molecule has 0 amide bonds. The summed E-state index contributed by atoms with van der Waals surface area (Å²) in [6.45, 7) is 4.78. The van der Waals surface area contributed by atoms with Crippen molar-refractivity contribution in [3.8, 4) is 0 Å². The van der Waals surface area contributed by atoms with Crippen LogP contribution < -0.4 is 5.32 Å². The third-order valence-electron chi connectivity index (χ3n) is 2.99. The van der Waals surface area contributed by atoms with Crippen LogP contribution in [0.5, 0.6) is 0 Å². The molecule has 0 aromatic heterocycles. The fraction of sp³-hybridized carbons (Fsp3) is 0.467. The summed E-state index contributed by atoms with van der Waals surface area (Å²) in [5.41, 5.74) is 3.50. The van der Waals surface area contributed by atoms with E-state index >= 15 is 0 Å². The predicted octanol–water partition coefficient (Wildman–Crippen LogP) is 3.37. The van der Waals surface area contributed by atoms with Gasteiger partial charge < -0.3 is 5.32 Å². The van der Waals surface area contributed by atoms with Crippen LogP contribution in [0.2, 0.25) is 0 Å². The molecule has 0 spiro atoms. The number of nitrogens with zero attached hydrogens (tertiary/aromatic N) is 1. The fourth-order valence-corrected chi connectivity index (χ4v) is 1.85. The van der Waals surface area contributed by atoms with Gasteiger partial charge in [0.05, 0.1) is 0 Å². The number of nitro groups is 1. The molecule has 4 heteroatoms. The Morgan fingerprint density at radius 3 is 2.84 bits per heavy atom. The van der Waals surface area contributed by atoms with Crippen LogP contribution in [-0.4, -0.2) is 18.0 Å². The van der Waals surface area contributed by atoms with Crippen molar-refractivity contribution < 1.29 is 4.92 Å². The number of nitrogens with one attached hydrogen (secondary N) is 1. The average molecular weight is 262 g/mol. The van der Waals surface area contributed by atoms with E-state index in [0.717, 1.165) is 31.4 Å². The highest BCUT2D eigenvalue weighted by Gasteiger charge is 1.99. The van der Waals surface area contributed by atoms with Crippen molar-refractivity contribution in [3.05, 3.63) is 57.3 Å². The zero-order chi connectivity index (χ0) is 14.1. The first kappa shape index (κ1) is 15.2. The molecule has 0 saturated heterocycles. The van der Waals surface area contributed by atoms with Gasteiger partial charge in [-0.05, 0) is 56.5 Å². The maximum atomic E-state index is 10.3. The molecule has 19 heavy (non-hydrogen) atoms. The van der Waals surface area contributed by atoms with Crippen LogP contribution in [0.1, 0.15) is 33.1 Å². The van der Waals surface area contributed by atoms with Gasteiger partial charge in [-0.2, -0.15) is 0 Å². The first-order valence-electron chi connectivity index (χ1n) is 6.60. The maximum absolute atomic E-state index is 10.3. The molecule has 0 aliphatic carbocycles. The van der Waals surface area contributed by atoms with Crippen molar-refractivity contribution in [3.63, 3.8) is 0 Å². The Kier molecular flexibility index (Phi) is 6.64. The monoisotopic (exact) mass is 262 g/mol. The smallest absolute Gasteiger partial charge is 0.224 e. The van der Waals surface area contributed by atoms with Gasteiger partial charge in [0.1, 0.15) is 0 Å². The second-order valence-corrected chi connectivity index (χ2v) is 4.86. The molecule has 0 fully saturated rings. The Labute approximate surface area is 114 Å². The number of allylic oxidation sites excluding steroid dienone is 5. The van der Waals surface area contributed by atoms with Crippen molar-refractivity contribution in [2.24, 2.45) is 0 Å². The van der Waals surface area contributed by atoms with Gasteiger partial charge >= 0.3 is 0 Å². The lowest BCUT2D eigenvalue weighted by Crippen LogP contribution is -2.08. The molecule has 1 aliphatic rings. The van der Waals surface area contributed by atoms with Crippen LogP contribution in [0.4, 0.5) is 0 Å². The molecule has 4 nitrogen and oxygen atoms in total. The summed E-state index contributed by atoms with van der Waals surface area (Å²) in [5.74, 6) is 0. The van der Waals surface area contributed by atoms with Crippen LogP contribution >= 0.6 is 0 Å². The van der Waals surface area contributed by atoms with Crippen LogP contribution in [0.15, 0.2) is 47.2 Å². The molecule has 0 radical (unpaired) electrons. The number of hydrogen-bond acceptors (Lipinski definition) is 3. The lowest BCUT2D eigenvalue weighted by molar-refractivity contribution is -0.470. The molecule has 0 aromatic carbocycles. The molecule has 1 N–H and O–H groups in total. The quantitative estimate of drug-likeness (QED) is 0.435. The zero-order valence-corrected chi connectivity index (χ0v) is 11.7. The lowest BCUT2D eigenvalue weighted by atomic mass is 10.1. The number of hydrogen-bond donors (Lipinski definition) is 1. The molecule has 104 valence electrons. The van der Waals surface area contributed by atoms with E-state index in [1.807, 2.05) is 19.2 Å². The Hall–Kier alpha value is -1.84. The highest BCUT2D eigenvalue weighted by Crippen LogP contribution is 2.12. The number of dihydropyridines is 1. The van der Waals surface area contributed by atoms with Crippen molar-refractivity contribution in [1.82, 2.24) is 5.32 Å². The minimum atomic E-state index is -0.287. The van der Waals surface area contributed by atoms with Gasteiger partial charge in [-0.3, -0.25) is 10.1 Å². The molecule has 1 aliphatic heterocycles. The van der Waals surface area contributed by atoms with Crippen LogP contribution in [0, 0.1) is 10.1 Å². The third kappa shape index (κ3) is 7.24. The second-order valence-electron chi connectivity index (χ2n) is 4.86. The summed E-state index contributed by atoms with van der Waals surface area (Å²) >= 11 is 0. The van der Waals surface area contributed by atoms with Gasteiger partial charge in [0, 0.05) is 11.5 Å². The van der Waals surface area contributed by atoms with E-state index in [1.165, 1.54) is 11.1 Å². The van der Waals surface area contributed by atoms with Crippen LogP contribution in [0.3, 0.4) is 0 Å². The Morgan fingerprint density at radius 2 is 2.21 bits per heavy atom. The van der Waals surface area contributed by atoms with Gasteiger partial charge in [0.15, 0.2) is 0 Å². The minimum Gasteiger partial charge on any atom is -0.387 e. The molecular formula is C15H22N2O2. The molecule has 0 bridgehead atoms. The van der Waals surface area contributed by atoms with Gasteiger partial charge in [-0.1, -0.05) is 23.8 Å². The lowest BCUT2D eigenvalue weighted by Gasteiger charge is -2.06. The number of rotatable bonds is 7. The third-order valence-corrected chi connectivity index (χ3v) is 2.99. The van der Waals surface area contributed by atoms with Gasteiger partial charge in [-0.15, -0.1) is 0 Å². The minimum absolute atomic E-state index is 0.0482. The molecule has 0 atom stereocenters. The van der Waals surface area contributed by atoms with Crippen LogP contribution in [-0.2, 0) is 0 Å². The second kappa shape index (κ2) is 8.29. The molecule has 0 saturated carbocycles. The topological polar surface area (TPSA) is 55.2 Å². The van der Waals surface area contributed by atoms with E-state index < -0.39 is 0 Å². The summed E-state index contributed by atoms with van der Waals surface area (Å²) in [6.07, 6.45) is 13.2. The summed E-state index contributed by atoms with van der Waals surface area (Å²) in [5, 5.41) is 13.4. The van der Waals surface area contributed by atoms with Gasteiger partial charge in [0.2, 0.25) is 6.54 Å². The largest absolute Gasteiger partial charge is 0.387 e. The van der Waals surface area contributed by atoms with Crippen LogP contribution in [0.25, 0.3) is 0 Å². The summed E-state index contributed by atoms with van der Waals surface area (Å²) in [7, 11) is 0. The van der Waals surface area contributed by atoms with E-state index in [9.17, 15) is 10.1 Å². The summed E-state index contributed by atoms with van der Waals surface area (Å²) in [6, 6.07) is 0. The zero-order valence-electron chi connectivity index (χ0n) is 11.7. The van der Waals surface area contributed by atoms with Crippen molar-refractivity contribution >= 4 is 0 Å². The Balaban J connectivity index is 2.30. The first-order chi connectivity index (χ1) is 9.08. The van der Waals surface area contributed by atoms with E-state index in [4.69, 9.17) is 0 Å². The maximum Gasteiger partial charge on any atom is 0.224 e. The highest BCUT2D eigenvalue weighted by atomic mass is 16.6. The molecule has 0 aromatic rings. The standard InChI is InChI=1S/C15H22N2O2/c1-13(4-3-5-14(2)12-17(18)19)6-7-15-8-10-16-11-9-15/h5-6,8-10,16H,3-4,7,11-12H2,1-2H3. The van der Waals surface area contributed by atoms with E-state index in [-0.39, 0.29) is 11.5 Å². The fourth-order valence-electron chi connectivity index (χ4n) is 1.85. The van der Waals surface area contributed by atoms with Gasteiger partial charge in [0.25, 0.3) is 0 Å². The normalized spacial score (nSPS) is 16.0. The first-order valence-corrected chi connectivity index (χ1v) is 6.60. The molecular weight excluding hydrogens is 240 g/mol. The molecule has 0 unspecified atom stereocenters. The Morgan fingerprint density at radius 1 is 1.42 bits per heavy atom. The molecule has 1 rings (SSSR count). The van der Waals surface area contributed by atoms with E-state index in [0.29, 0.717) is 0 Å². The predicted molar refractivity (Wildman–Crippen MR) is 78.5 cm³/mol.